The van der Waals surface area contributed by atoms with Gasteiger partial charge in [-0.1, -0.05) is 53.0 Å². The molecule has 88 valence electrons. The Morgan fingerprint density at radius 3 is 2.71 bits per heavy atom. The number of allylic oxidation sites excluding steroid dienone is 3. The molecule has 0 saturated heterocycles. The van der Waals surface area contributed by atoms with E-state index in [9.17, 15) is 9.90 Å². The molecule has 0 bridgehead atoms. The summed E-state index contributed by atoms with van der Waals surface area (Å²) in [6, 6.07) is 6.92. The van der Waals surface area contributed by atoms with Gasteiger partial charge in [0.2, 0.25) is 0 Å². The first-order valence-corrected chi connectivity index (χ1v) is 6.20. The Morgan fingerprint density at radius 1 is 1.41 bits per heavy atom. The summed E-state index contributed by atoms with van der Waals surface area (Å²) >= 11 is 1.94. The predicted octanol–water partition coefficient (Wildman–Crippen LogP) is 2.99. The molecule has 0 aromatic heterocycles. The Labute approximate surface area is 113 Å². The molecule has 0 spiro atoms. The average Bonchev–Trinajstić information content (AvgIpc) is 2.30. The van der Waals surface area contributed by atoms with Crippen molar-refractivity contribution in [1.82, 2.24) is 0 Å². The Balaban J connectivity index is 2.26. The zero-order chi connectivity index (χ0) is 12.5. The molecule has 0 heterocycles. The van der Waals surface area contributed by atoms with Crippen LogP contribution in [-0.4, -0.2) is 19.6 Å². The number of hydrogen-bond acceptors (Lipinski definition) is 2. The number of halogens is 1. The summed E-state index contributed by atoms with van der Waals surface area (Å²) in [4.78, 5) is 11.0. The van der Waals surface area contributed by atoms with E-state index in [0.717, 1.165) is 11.1 Å². The van der Waals surface area contributed by atoms with Crippen LogP contribution in [0.2, 0.25) is 0 Å². The maximum Gasteiger partial charge on any atom is 0.323 e. The molecule has 0 fully saturated rings. The van der Waals surface area contributed by atoms with Crippen molar-refractivity contribution in [2.45, 2.75) is 9.84 Å². The minimum atomic E-state index is -0.849. The van der Waals surface area contributed by atoms with Crippen molar-refractivity contribution in [1.29, 1.82) is 0 Å². The summed E-state index contributed by atoms with van der Waals surface area (Å²) < 4.78 is -0.849. The van der Waals surface area contributed by atoms with Gasteiger partial charge in [0, 0.05) is 0 Å². The summed E-state index contributed by atoms with van der Waals surface area (Å²) in [6.07, 6.45) is 5.81. The zero-order valence-corrected chi connectivity index (χ0v) is 11.1. The van der Waals surface area contributed by atoms with Crippen LogP contribution in [0.3, 0.4) is 0 Å². The summed E-state index contributed by atoms with van der Waals surface area (Å²) in [5, 5.41) is 18.5. The van der Waals surface area contributed by atoms with E-state index in [1.54, 1.807) is 30.4 Å². The van der Waals surface area contributed by atoms with Crippen LogP contribution < -0.4 is 0 Å². The number of alkyl halides is 1. The fraction of sp³-hybridized carbons (Fsp3) is 0.154. The van der Waals surface area contributed by atoms with Gasteiger partial charge in [-0.3, -0.25) is 4.79 Å². The Kier molecular flexibility index (Phi) is 3.24. The van der Waals surface area contributed by atoms with Gasteiger partial charge < -0.3 is 10.2 Å². The lowest BCUT2D eigenvalue weighted by atomic mass is 9.93. The second-order valence-electron chi connectivity index (χ2n) is 3.91. The third-order valence-corrected chi connectivity index (χ3v) is 3.94. The number of benzene rings is 1. The van der Waals surface area contributed by atoms with E-state index in [-0.39, 0.29) is 5.75 Å². The molecule has 1 aliphatic carbocycles. The zero-order valence-electron chi connectivity index (χ0n) is 8.93. The van der Waals surface area contributed by atoms with Crippen molar-refractivity contribution < 1.29 is 15.0 Å². The third-order valence-electron chi connectivity index (χ3n) is 2.68. The van der Waals surface area contributed by atoms with E-state index in [2.05, 4.69) is 0 Å². The minimum absolute atomic E-state index is 0.210. The molecular formula is C13H11IO3. The lowest BCUT2D eigenvalue weighted by Crippen LogP contribution is -2.29. The summed E-state index contributed by atoms with van der Waals surface area (Å²) in [5.41, 5.74) is 1.83. The minimum Gasteiger partial charge on any atom is -0.508 e. The summed E-state index contributed by atoms with van der Waals surface area (Å²) in [5.74, 6) is -0.623. The quantitative estimate of drug-likeness (QED) is 0.642. The van der Waals surface area contributed by atoms with Gasteiger partial charge in [-0.25, -0.2) is 0 Å². The van der Waals surface area contributed by atoms with Gasteiger partial charge in [0.15, 0.2) is 0 Å². The van der Waals surface area contributed by atoms with Crippen molar-refractivity contribution in [3.05, 3.63) is 48.1 Å². The lowest BCUT2D eigenvalue weighted by Gasteiger charge is -2.21. The first kappa shape index (κ1) is 12.2. The fourth-order valence-electron chi connectivity index (χ4n) is 1.67. The SMILES string of the molecule is O=C(O)C1(I)C=CC(c2cccc(O)c2)=CC1. The number of phenolic OH excluding ortho intramolecular Hbond substituents is 1. The van der Waals surface area contributed by atoms with Crippen LogP contribution in [0.1, 0.15) is 12.0 Å². The number of aromatic hydroxyl groups is 1. The fourth-order valence-corrected chi connectivity index (χ4v) is 2.07. The van der Waals surface area contributed by atoms with Gasteiger partial charge >= 0.3 is 5.97 Å². The summed E-state index contributed by atoms with van der Waals surface area (Å²) in [6.45, 7) is 0. The smallest absolute Gasteiger partial charge is 0.323 e. The van der Waals surface area contributed by atoms with Gasteiger partial charge in [0.05, 0.1) is 0 Å². The van der Waals surface area contributed by atoms with Crippen LogP contribution in [0.4, 0.5) is 0 Å². The summed E-state index contributed by atoms with van der Waals surface area (Å²) in [7, 11) is 0. The molecule has 2 N–H and O–H groups in total. The molecular weight excluding hydrogens is 331 g/mol. The van der Waals surface area contributed by atoms with Crippen LogP contribution in [0.5, 0.6) is 5.75 Å². The average molecular weight is 342 g/mol. The molecule has 2 rings (SSSR count). The molecule has 1 unspecified atom stereocenters. The highest BCUT2D eigenvalue weighted by molar-refractivity contribution is 14.1. The second kappa shape index (κ2) is 4.52. The first-order valence-electron chi connectivity index (χ1n) is 5.12. The highest BCUT2D eigenvalue weighted by Gasteiger charge is 2.33. The van der Waals surface area contributed by atoms with Crippen molar-refractivity contribution in [2.24, 2.45) is 0 Å². The molecule has 0 aliphatic heterocycles. The van der Waals surface area contributed by atoms with Crippen molar-refractivity contribution in [2.75, 3.05) is 0 Å². The molecule has 0 saturated carbocycles. The molecule has 1 aliphatic rings. The Morgan fingerprint density at radius 2 is 2.18 bits per heavy atom. The predicted molar refractivity (Wildman–Crippen MR) is 74.2 cm³/mol. The third kappa shape index (κ3) is 2.52. The number of rotatable bonds is 2. The van der Waals surface area contributed by atoms with Crippen LogP contribution in [0.25, 0.3) is 5.57 Å². The Bertz CT molecular complexity index is 519. The van der Waals surface area contributed by atoms with Crippen molar-refractivity contribution in [3.63, 3.8) is 0 Å². The standard InChI is InChI=1S/C13H11IO3/c14-13(12(16)17)6-4-9(5-7-13)10-2-1-3-11(15)8-10/h1-6,8,15H,7H2,(H,16,17). The van der Waals surface area contributed by atoms with Gasteiger partial charge in [-0.2, -0.15) is 0 Å². The van der Waals surface area contributed by atoms with Gasteiger partial charge in [0.1, 0.15) is 9.17 Å². The molecule has 0 amide bonds. The molecule has 1 aromatic rings. The first-order chi connectivity index (χ1) is 8.01. The number of carbonyl (C=O) groups is 1. The number of aliphatic carboxylic acids is 1. The highest BCUT2D eigenvalue weighted by Crippen LogP contribution is 2.34. The monoisotopic (exact) mass is 342 g/mol. The van der Waals surface area contributed by atoms with Crippen molar-refractivity contribution in [3.8, 4) is 5.75 Å². The molecule has 17 heavy (non-hydrogen) atoms. The number of carboxylic acids is 1. The van der Waals surface area contributed by atoms with E-state index in [0.29, 0.717) is 6.42 Å². The Hall–Kier alpha value is -1.30. The molecule has 0 radical (unpaired) electrons. The van der Waals surface area contributed by atoms with Gasteiger partial charge in [-0.05, 0) is 29.7 Å². The number of carboxylic acid groups (broad SMARTS) is 1. The number of phenols is 1. The molecule has 3 nitrogen and oxygen atoms in total. The molecule has 1 aromatic carbocycles. The van der Waals surface area contributed by atoms with Gasteiger partial charge in [-0.15, -0.1) is 0 Å². The lowest BCUT2D eigenvalue weighted by molar-refractivity contribution is -0.137. The van der Waals surface area contributed by atoms with E-state index < -0.39 is 9.39 Å². The van der Waals surface area contributed by atoms with E-state index in [1.165, 1.54) is 0 Å². The van der Waals surface area contributed by atoms with Crippen molar-refractivity contribution >= 4 is 34.1 Å². The van der Waals surface area contributed by atoms with Gasteiger partial charge in [0.25, 0.3) is 0 Å². The van der Waals surface area contributed by atoms with E-state index >= 15 is 0 Å². The highest BCUT2D eigenvalue weighted by atomic mass is 127. The second-order valence-corrected chi connectivity index (χ2v) is 5.84. The normalized spacial score (nSPS) is 23.2. The van der Waals surface area contributed by atoms with Crippen LogP contribution in [-0.2, 0) is 4.79 Å². The molecule has 4 heteroatoms. The maximum atomic E-state index is 11.0. The topological polar surface area (TPSA) is 57.5 Å². The number of hydrogen-bond donors (Lipinski definition) is 2. The molecule has 1 atom stereocenters. The van der Waals surface area contributed by atoms with E-state index in [4.69, 9.17) is 5.11 Å². The van der Waals surface area contributed by atoms with E-state index in [1.807, 2.05) is 34.7 Å². The van der Waals surface area contributed by atoms with Crippen LogP contribution in [0, 0.1) is 0 Å². The largest absolute Gasteiger partial charge is 0.508 e. The van der Waals surface area contributed by atoms with Crippen LogP contribution >= 0.6 is 22.6 Å². The van der Waals surface area contributed by atoms with Crippen LogP contribution in [0.15, 0.2) is 42.5 Å². The maximum absolute atomic E-state index is 11.0.